The Morgan fingerprint density at radius 1 is 1.47 bits per heavy atom. The Bertz CT molecular complexity index is 588. The molecule has 0 radical (unpaired) electrons. The molecule has 2 rings (SSSR count). The number of aromatic amines is 1. The van der Waals surface area contributed by atoms with Gasteiger partial charge in [0.15, 0.2) is 0 Å². The summed E-state index contributed by atoms with van der Waals surface area (Å²) in [6.07, 6.45) is 0. The lowest BCUT2D eigenvalue weighted by atomic mass is 9.95. The highest BCUT2D eigenvalue weighted by molar-refractivity contribution is 5.94. The minimum atomic E-state index is -0.167. The first-order valence-electron chi connectivity index (χ1n) is 6.48. The van der Waals surface area contributed by atoms with Gasteiger partial charge in [-0.05, 0) is 31.0 Å². The van der Waals surface area contributed by atoms with E-state index in [4.69, 9.17) is 5.73 Å². The van der Waals surface area contributed by atoms with E-state index in [-0.39, 0.29) is 17.7 Å². The second-order valence-corrected chi connectivity index (χ2v) is 5.13. The van der Waals surface area contributed by atoms with E-state index in [9.17, 15) is 4.79 Å². The van der Waals surface area contributed by atoms with Crippen LogP contribution in [0.4, 0.5) is 5.69 Å². The van der Waals surface area contributed by atoms with Crippen LogP contribution < -0.4 is 11.1 Å². The number of amides is 1. The third-order valence-corrected chi connectivity index (χ3v) is 3.26. The molecule has 5 nitrogen and oxygen atoms in total. The van der Waals surface area contributed by atoms with Crippen molar-refractivity contribution in [1.29, 1.82) is 0 Å². The van der Waals surface area contributed by atoms with Crippen LogP contribution in [0.15, 0.2) is 18.2 Å². The molecule has 0 aliphatic heterocycles. The van der Waals surface area contributed by atoms with Gasteiger partial charge in [-0.2, -0.15) is 0 Å². The number of nitrogens with one attached hydrogen (secondary N) is 2. The summed E-state index contributed by atoms with van der Waals surface area (Å²) in [5.74, 6) is 0.885. The number of imidazole rings is 1. The number of nitrogens with two attached hydrogens (primary N) is 1. The number of benzene rings is 1. The van der Waals surface area contributed by atoms with Crippen LogP contribution >= 0.6 is 0 Å². The quantitative estimate of drug-likeness (QED) is 0.786. The minimum absolute atomic E-state index is 0.0342. The number of aryl methyl sites for hydroxylation is 1. The molecule has 0 aliphatic rings. The molecular formula is C14H20N4O. The van der Waals surface area contributed by atoms with Crippen LogP contribution in [0.1, 0.15) is 19.7 Å². The molecule has 4 N–H and O–H groups in total. The number of fused-ring (bicyclic) bond motifs is 1. The van der Waals surface area contributed by atoms with E-state index < -0.39 is 0 Å². The van der Waals surface area contributed by atoms with Gasteiger partial charge in [0.25, 0.3) is 0 Å². The third kappa shape index (κ3) is 2.93. The average molecular weight is 260 g/mol. The summed E-state index contributed by atoms with van der Waals surface area (Å²) < 4.78 is 0. The van der Waals surface area contributed by atoms with Gasteiger partial charge in [0, 0.05) is 12.2 Å². The molecule has 1 aromatic heterocycles. The molecule has 1 heterocycles. The number of nitrogens with zero attached hydrogens (tertiary/aromatic N) is 1. The largest absolute Gasteiger partial charge is 0.342 e. The van der Waals surface area contributed by atoms with Gasteiger partial charge in [-0.25, -0.2) is 4.98 Å². The molecular weight excluding hydrogens is 240 g/mol. The van der Waals surface area contributed by atoms with Crippen LogP contribution in [0.2, 0.25) is 0 Å². The Morgan fingerprint density at radius 3 is 2.84 bits per heavy atom. The standard InChI is InChI=1S/C14H20N4O/c1-8(2)11(7-15)14(19)18-10-4-5-12-13(6-10)17-9(3)16-12/h4-6,8,11H,7,15H2,1-3H3,(H,16,17)(H,18,19). The summed E-state index contributed by atoms with van der Waals surface area (Å²) >= 11 is 0. The lowest BCUT2D eigenvalue weighted by Gasteiger charge is -2.18. The van der Waals surface area contributed by atoms with Gasteiger partial charge >= 0.3 is 0 Å². The molecule has 0 bridgehead atoms. The fraction of sp³-hybridized carbons (Fsp3) is 0.429. The van der Waals surface area contributed by atoms with Crippen molar-refractivity contribution < 1.29 is 4.79 Å². The fourth-order valence-electron chi connectivity index (χ4n) is 2.13. The number of hydrogen-bond donors (Lipinski definition) is 3. The van der Waals surface area contributed by atoms with Gasteiger partial charge < -0.3 is 16.0 Å². The molecule has 0 fully saturated rings. The maximum atomic E-state index is 12.1. The van der Waals surface area contributed by atoms with Crippen molar-refractivity contribution in [2.24, 2.45) is 17.6 Å². The van der Waals surface area contributed by atoms with Crippen LogP contribution in [0, 0.1) is 18.8 Å². The Balaban J connectivity index is 2.18. The molecule has 102 valence electrons. The normalized spacial score (nSPS) is 12.9. The summed E-state index contributed by atoms with van der Waals surface area (Å²) in [6.45, 7) is 6.26. The van der Waals surface area contributed by atoms with Crippen molar-refractivity contribution in [2.45, 2.75) is 20.8 Å². The molecule has 0 saturated heterocycles. The van der Waals surface area contributed by atoms with Gasteiger partial charge in [0.2, 0.25) is 5.91 Å². The molecule has 1 atom stereocenters. The number of aromatic nitrogens is 2. The van der Waals surface area contributed by atoms with Gasteiger partial charge in [0.05, 0.1) is 17.0 Å². The smallest absolute Gasteiger partial charge is 0.229 e. The number of carbonyl (C=O) groups is 1. The van der Waals surface area contributed by atoms with Crippen molar-refractivity contribution in [1.82, 2.24) is 9.97 Å². The summed E-state index contributed by atoms with van der Waals surface area (Å²) in [6, 6.07) is 5.64. The molecule has 1 unspecified atom stereocenters. The predicted octanol–water partition coefficient (Wildman–Crippen LogP) is 2.04. The van der Waals surface area contributed by atoms with Crippen LogP contribution in [0.25, 0.3) is 11.0 Å². The van der Waals surface area contributed by atoms with E-state index in [1.54, 1.807) is 0 Å². The second-order valence-electron chi connectivity index (χ2n) is 5.13. The number of H-pyrrole nitrogens is 1. The molecule has 0 aliphatic carbocycles. The van der Waals surface area contributed by atoms with Gasteiger partial charge in [-0.1, -0.05) is 13.8 Å². The van der Waals surface area contributed by atoms with Crippen molar-refractivity contribution in [3.63, 3.8) is 0 Å². The summed E-state index contributed by atoms with van der Waals surface area (Å²) in [7, 11) is 0. The molecule has 0 spiro atoms. The topological polar surface area (TPSA) is 83.8 Å². The van der Waals surface area contributed by atoms with E-state index >= 15 is 0 Å². The van der Waals surface area contributed by atoms with Crippen molar-refractivity contribution >= 4 is 22.6 Å². The maximum absolute atomic E-state index is 12.1. The zero-order chi connectivity index (χ0) is 14.0. The molecule has 19 heavy (non-hydrogen) atoms. The highest BCUT2D eigenvalue weighted by atomic mass is 16.1. The van der Waals surface area contributed by atoms with Gasteiger partial charge in [0.1, 0.15) is 5.82 Å². The highest BCUT2D eigenvalue weighted by Crippen LogP contribution is 2.19. The van der Waals surface area contributed by atoms with E-state index in [1.165, 1.54) is 0 Å². The SMILES string of the molecule is Cc1nc2ccc(NC(=O)C(CN)C(C)C)cc2[nH]1. The molecule has 1 aromatic carbocycles. The predicted molar refractivity (Wildman–Crippen MR) is 76.8 cm³/mol. The van der Waals surface area contributed by atoms with Crippen molar-refractivity contribution in [2.75, 3.05) is 11.9 Å². The van der Waals surface area contributed by atoms with Crippen molar-refractivity contribution in [3.8, 4) is 0 Å². The molecule has 0 saturated carbocycles. The summed E-state index contributed by atoms with van der Waals surface area (Å²) in [5, 5.41) is 2.91. The van der Waals surface area contributed by atoms with Crippen LogP contribution in [-0.4, -0.2) is 22.4 Å². The zero-order valence-electron chi connectivity index (χ0n) is 11.5. The number of hydrogen-bond acceptors (Lipinski definition) is 3. The second kappa shape index (κ2) is 5.40. The Kier molecular flexibility index (Phi) is 3.85. The fourth-order valence-corrected chi connectivity index (χ4v) is 2.13. The average Bonchev–Trinajstić information content (AvgIpc) is 2.68. The first-order chi connectivity index (χ1) is 9.01. The monoisotopic (exact) mass is 260 g/mol. The number of carbonyl (C=O) groups excluding carboxylic acids is 1. The first kappa shape index (κ1) is 13.5. The van der Waals surface area contributed by atoms with Crippen molar-refractivity contribution in [3.05, 3.63) is 24.0 Å². The Morgan fingerprint density at radius 2 is 2.21 bits per heavy atom. The third-order valence-electron chi connectivity index (χ3n) is 3.26. The minimum Gasteiger partial charge on any atom is -0.342 e. The maximum Gasteiger partial charge on any atom is 0.229 e. The van der Waals surface area contributed by atoms with E-state index in [0.29, 0.717) is 6.54 Å². The molecule has 2 aromatic rings. The van der Waals surface area contributed by atoms with Crippen LogP contribution in [-0.2, 0) is 4.79 Å². The van der Waals surface area contributed by atoms with Gasteiger partial charge in [-0.15, -0.1) is 0 Å². The Labute approximate surface area is 112 Å². The van der Waals surface area contributed by atoms with E-state index in [1.807, 2.05) is 39.0 Å². The number of anilines is 1. The molecule has 1 amide bonds. The van der Waals surface area contributed by atoms with Crippen LogP contribution in [0.3, 0.4) is 0 Å². The highest BCUT2D eigenvalue weighted by Gasteiger charge is 2.20. The van der Waals surface area contributed by atoms with Gasteiger partial charge in [-0.3, -0.25) is 4.79 Å². The van der Waals surface area contributed by atoms with E-state index in [0.717, 1.165) is 22.5 Å². The van der Waals surface area contributed by atoms with Crippen LogP contribution in [0.5, 0.6) is 0 Å². The zero-order valence-corrected chi connectivity index (χ0v) is 11.5. The van der Waals surface area contributed by atoms with E-state index in [2.05, 4.69) is 15.3 Å². The number of rotatable bonds is 4. The first-order valence-corrected chi connectivity index (χ1v) is 6.48. The summed E-state index contributed by atoms with van der Waals surface area (Å²) in [5.41, 5.74) is 8.23. The summed E-state index contributed by atoms with van der Waals surface area (Å²) in [4.78, 5) is 19.6. The molecule has 5 heteroatoms. The Hall–Kier alpha value is -1.88. The lowest BCUT2D eigenvalue weighted by Crippen LogP contribution is -2.33. The lowest BCUT2D eigenvalue weighted by molar-refractivity contribution is -0.120.